The first-order valence-corrected chi connectivity index (χ1v) is 9.80. The number of aryl methyl sites for hydroxylation is 1. The number of hydrogen-bond donors (Lipinski definition) is 0. The van der Waals surface area contributed by atoms with Crippen LogP contribution in [0.5, 0.6) is 5.75 Å². The van der Waals surface area contributed by atoms with E-state index in [0.717, 1.165) is 31.6 Å². The maximum Gasteiger partial charge on any atom is 0.236 e. The van der Waals surface area contributed by atoms with Gasteiger partial charge in [-0.15, -0.1) is 0 Å². The van der Waals surface area contributed by atoms with Gasteiger partial charge in [-0.05, 0) is 54.6 Å². The normalized spacial score (nSPS) is 17.1. The van der Waals surface area contributed by atoms with E-state index in [9.17, 15) is 4.79 Å². The zero-order valence-electron chi connectivity index (χ0n) is 16.6. The summed E-state index contributed by atoms with van der Waals surface area (Å²) in [5.74, 6) is 1.04. The summed E-state index contributed by atoms with van der Waals surface area (Å²) in [7, 11) is 3.59. The Bertz CT molecular complexity index is 757. The predicted molar refractivity (Wildman–Crippen MR) is 109 cm³/mol. The van der Waals surface area contributed by atoms with Gasteiger partial charge in [-0.2, -0.15) is 0 Å². The van der Waals surface area contributed by atoms with E-state index in [0.29, 0.717) is 19.1 Å². The highest BCUT2D eigenvalue weighted by molar-refractivity contribution is 5.78. The number of nitrogens with zero attached hydrogens (tertiary/aromatic N) is 2. The molecule has 4 nitrogen and oxygen atoms in total. The van der Waals surface area contributed by atoms with E-state index in [1.807, 2.05) is 24.1 Å². The van der Waals surface area contributed by atoms with E-state index in [1.165, 1.54) is 16.7 Å². The molecule has 0 saturated carbocycles. The van der Waals surface area contributed by atoms with Gasteiger partial charge in [0.05, 0.1) is 13.7 Å². The number of ether oxygens (including phenoxy) is 1. The lowest BCUT2D eigenvalue weighted by atomic mass is 10.0. The fraction of sp³-hybridized carbons (Fsp3) is 0.435. The van der Waals surface area contributed by atoms with Crippen molar-refractivity contribution in [3.63, 3.8) is 0 Å². The fourth-order valence-corrected chi connectivity index (χ4v) is 3.78. The second-order valence-corrected chi connectivity index (χ2v) is 7.32. The second kappa shape index (κ2) is 9.05. The van der Waals surface area contributed by atoms with E-state index in [4.69, 9.17) is 4.74 Å². The van der Waals surface area contributed by atoms with Crippen LogP contribution in [0.1, 0.15) is 42.5 Å². The first-order valence-electron chi connectivity index (χ1n) is 9.80. The highest BCUT2D eigenvalue weighted by Crippen LogP contribution is 2.33. The molecule has 1 heterocycles. The molecular formula is C23H30N2O2. The predicted octanol–water partition coefficient (Wildman–Crippen LogP) is 4.05. The standard InChI is InChI=1S/C23H30N2O2/c1-4-18-10-12-19(13-11-18)16-24(2)23(26)17-25-14-6-9-22(25)20-7-5-8-21(15-20)27-3/h5,7-8,10-13,15,22H,4,6,9,14,16-17H2,1-3H3. The molecule has 1 aliphatic heterocycles. The van der Waals surface area contributed by atoms with Crippen LogP contribution >= 0.6 is 0 Å². The minimum absolute atomic E-state index is 0.171. The lowest BCUT2D eigenvalue weighted by Gasteiger charge is -2.27. The maximum atomic E-state index is 12.8. The van der Waals surface area contributed by atoms with Crippen LogP contribution in [-0.4, -0.2) is 43.0 Å². The molecule has 2 aromatic rings. The van der Waals surface area contributed by atoms with Crippen LogP contribution in [0.15, 0.2) is 48.5 Å². The fourth-order valence-electron chi connectivity index (χ4n) is 3.78. The molecule has 1 amide bonds. The topological polar surface area (TPSA) is 32.8 Å². The van der Waals surface area contributed by atoms with Crippen LogP contribution in [0, 0.1) is 0 Å². The summed E-state index contributed by atoms with van der Waals surface area (Å²) in [6.07, 6.45) is 3.25. The summed E-state index contributed by atoms with van der Waals surface area (Å²) >= 11 is 0. The molecular weight excluding hydrogens is 336 g/mol. The summed E-state index contributed by atoms with van der Waals surface area (Å²) < 4.78 is 5.36. The average Bonchev–Trinajstić information content (AvgIpc) is 3.16. The van der Waals surface area contributed by atoms with Gasteiger partial charge in [0.15, 0.2) is 0 Å². The average molecular weight is 367 g/mol. The Morgan fingerprint density at radius 2 is 1.93 bits per heavy atom. The van der Waals surface area contributed by atoms with Gasteiger partial charge in [-0.25, -0.2) is 0 Å². The summed E-state index contributed by atoms with van der Waals surface area (Å²) in [6.45, 7) is 4.23. The van der Waals surface area contributed by atoms with Crippen LogP contribution in [0.25, 0.3) is 0 Å². The maximum absolute atomic E-state index is 12.8. The number of rotatable bonds is 7. The lowest BCUT2D eigenvalue weighted by Crippen LogP contribution is -2.37. The van der Waals surface area contributed by atoms with Crippen molar-refractivity contribution in [2.45, 2.75) is 38.8 Å². The second-order valence-electron chi connectivity index (χ2n) is 7.32. The number of benzene rings is 2. The van der Waals surface area contributed by atoms with Crippen molar-refractivity contribution >= 4 is 5.91 Å². The molecule has 0 aliphatic carbocycles. The third-order valence-electron chi connectivity index (χ3n) is 5.46. The number of carbonyl (C=O) groups is 1. The van der Waals surface area contributed by atoms with Gasteiger partial charge in [0.2, 0.25) is 5.91 Å². The Hall–Kier alpha value is -2.33. The minimum atomic E-state index is 0.171. The van der Waals surface area contributed by atoms with Gasteiger partial charge >= 0.3 is 0 Å². The number of likely N-dealkylation sites (tertiary alicyclic amines) is 1. The SMILES string of the molecule is CCc1ccc(CN(C)C(=O)CN2CCCC2c2cccc(OC)c2)cc1. The minimum Gasteiger partial charge on any atom is -0.497 e. The molecule has 0 N–H and O–H groups in total. The molecule has 1 atom stereocenters. The number of hydrogen-bond acceptors (Lipinski definition) is 3. The van der Waals surface area contributed by atoms with Crippen molar-refractivity contribution in [1.29, 1.82) is 0 Å². The van der Waals surface area contributed by atoms with Gasteiger partial charge in [-0.3, -0.25) is 9.69 Å². The zero-order valence-corrected chi connectivity index (χ0v) is 16.6. The molecule has 4 heteroatoms. The third-order valence-corrected chi connectivity index (χ3v) is 5.46. The molecule has 2 aromatic carbocycles. The Morgan fingerprint density at radius 3 is 2.63 bits per heavy atom. The summed E-state index contributed by atoms with van der Waals surface area (Å²) in [5.41, 5.74) is 3.73. The Morgan fingerprint density at radius 1 is 1.19 bits per heavy atom. The largest absolute Gasteiger partial charge is 0.497 e. The quantitative estimate of drug-likeness (QED) is 0.741. The summed E-state index contributed by atoms with van der Waals surface area (Å²) in [4.78, 5) is 16.9. The van der Waals surface area contributed by atoms with Crippen LogP contribution in [0.2, 0.25) is 0 Å². The van der Waals surface area contributed by atoms with E-state index >= 15 is 0 Å². The molecule has 3 rings (SSSR count). The van der Waals surface area contributed by atoms with Crippen LogP contribution in [0.4, 0.5) is 0 Å². The molecule has 1 fully saturated rings. The Kier molecular flexibility index (Phi) is 6.51. The summed E-state index contributed by atoms with van der Waals surface area (Å²) in [5, 5.41) is 0. The molecule has 0 aromatic heterocycles. The van der Waals surface area contributed by atoms with Crippen molar-refractivity contribution in [3.8, 4) is 5.75 Å². The first-order chi connectivity index (χ1) is 13.1. The van der Waals surface area contributed by atoms with Gasteiger partial charge in [0, 0.05) is 19.6 Å². The van der Waals surface area contributed by atoms with Crippen molar-refractivity contribution in [2.75, 3.05) is 27.2 Å². The van der Waals surface area contributed by atoms with Crippen LogP contribution in [-0.2, 0) is 17.8 Å². The van der Waals surface area contributed by atoms with Gasteiger partial charge in [-0.1, -0.05) is 43.3 Å². The van der Waals surface area contributed by atoms with Crippen molar-refractivity contribution in [3.05, 3.63) is 65.2 Å². The van der Waals surface area contributed by atoms with Crippen molar-refractivity contribution in [1.82, 2.24) is 9.80 Å². The van der Waals surface area contributed by atoms with E-state index in [2.05, 4.69) is 48.2 Å². The smallest absolute Gasteiger partial charge is 0.236 e. The lowest BCUT2D eigenvalue weighted by molar-refractivity contribution is -0.131. The summed E-state index contributed by atoms with van der Waals surface area (Å²) in [6, 6.07) is 17.0. The number of amides is 1. The zero-order chi connectivity index (χ0) is 19.2. The number of likely N-dealkylation sites (N-methyl/N-ethyl adjacent to an activating group) is 1. The number of methoxy groups -OCH3 is 1. The highest BCUT2D eigenvalue weighted by Gasteiger charge is 2.28. The monoisotopic (exact) mass is 366 g/mol. The van der Waals surface area contributed by atoms with Gasteiger partial charge in [0.1, 0.15) is 5.75 Å². The van der Waals surface area contributed by atoms with Crippen LogP contribution in [0.3, 0.4) is 0 Å². The molecule has 1 aliphatic rings. The van der Waals surface area contributed by atoms with Crippen LogP contribution < -0.4 is 4.74 Å². The molecule has 0 bridgehead atoms. The molecule has 1 saturated heterocycles. The number of carbonyl (C=O) groups excluding carboxylic acids is 1. The highest BCUT2D eigenvalue weighted by atomic mass is 16.5. The third kappa shape index (κ3) is 4.89. The van der Waals surface area contributed by atoms with E-state index < -0.39 is 0 Å². The Labute approximate surface area is 162 Å². The van der Waals surface area contributed by atoms with Gasteiger partial charge < -0.3 is 9.64 Å². The molecule has 0 radical (unpaired) electrons. The van der Waals surface area contributed by atoms with Crippen molar-refractivity contribution < 1.29 is 9.53 Å². The molecule has 0 spiro atoms. The van der Waals surface area contributed by atoms with Gasteiger partial charge in [0.25, 0.3) is 0 Å². The van der Waals surface area contributed by atoms with Crippen molar-refractivity contribution in [2.24, 2.45) is 0 Å². The van der Waals surface area contributed by atoms with E-state index in [-0.39, 0.29) is 5.91 Å². The molecule has 27 heavy (non-hydrogen) atoms. The first kappa shape index (κ1) is 19.4. The molecule has 144 valence electrons. The van der Waals surface area contributed by atoms with E-state index in [1.54, 1.807) is 7.11 Å². The molecule has 1 unspecified atom stereocenters. The Balaban J connectivity index is 1.61.